The van der Waals surface area contributed by atoms with Gasteiger partial charge in [0.1, 0.15) is 11.6 Å². The van der Waals surface area contributed by atoms with E-state index in [1.165, 1.54) is 0 Å². The molecule has 1 atom stereocenters. The summed E-state index contributed by atoms with van der Waals surface area (Å²) in [6.45, 7) is 2.70. The summed E-state index contributed by atoms with van der Waals surface area (Å²) in [6, 6.07) is 14.3. The van der Waals surface area contributed by atoms with E-state index in [4.69, 9.17) is 0 Å². The van der Waals surface area contributed by atoms with E-state index >= 15 is 0 Å². The van der Waals surface area contributed by atoms with Gasteiger partial charge in [0.25, 0.3) is 5.56 Å². The summed E-state index contributed by atoms with van der Waals surface area (Å²) in [7, 11) is 0. The number of carbonyl (C=O) groups is 1. The molecule has 4 rings (SSSR count). The van der Waals surface area contributed by atoms with Gasteiger partial charge in [-0.15, -0.1) is 5.10 Å². The van der Waals surface area contributed by atoms with E-state index in [9.17, 15) is 9.59 Å². The molecule has 4 aromatic rings. The molecule has 2 aromatic carbocycles. The zero-order chi connectivity index (χ0) is 19.7. The maximum atomic E-state index is 12.6. The van der Waals surface area contributed by atoms with Crippen molar-refractivity contribution >= 4 is 43.6 Å². The molecule has 8 heteroatoms. The maximum absolute atomic E-state index is 12.6. The number of hydrogen-bond acceptors (Lipinski definition) is 4. The molecule has 0 aliphatic carbocycles. The lowest BCUT2D eigenvalue weighted by Crippen LogP contribution is -2.38. The summed E-state index contributed by atoms with van der Waals surface area (Å²) < 4.78 is 4.21. The van der Waals surface area contributed by atoms with Gasteiger partial charge >= 0.3 is 0 Å². The second kappa shape index (κ2) is 7.55. The number of rotatable bonds is 5. The van der Waals surface area contributed by atoms with Crippen molar-refractivity contribution in [3.8, 4) is 0 Å². The van der Waals surface area contributed by atoms with Gasteiger partial charge in [0.15, 0.2) is 0 Å². The van der Waals surface area contributed by atoms with Crippen molar-refractivity contribution in [1.82, 2.24) is 24.9 Å². The number of nitrogens with zero attached hydrogens (tertiary/aromatic N) is 4. The largest absolute Gasteiger partial charge is 0.352 e. The summed E-state index contributed by atoms with van der Waals surface area (Å²) in [6.07, 6.45) is 1.99. The lowest BCUT2D eigenvalue weighted by atomic mass is 10.2. The Labute approximate surface area is 169 Å². The second-order valence-electron chi connectivity index (χ2n) is 6.54. The fraction of sp³-hybridized carbons (Fsp3) is 0.200. The highest BCUT2D eigenvalue weighted by atomic mass is 79.9. The molecule has 1 amide bonds. The summed E-state index contributed by atoms with van der Waals surface area (Å²) in [5.74, 6) is -0.274. The third kappa shape index (κ3) is 3.43. The molecule has 0 fully saturated rings. The van der Waals surface area contributed by atoms with Crippen molar-refractivity contribution in [3.05, 3.63) is 69.6 Å². The first kappa shape index (κ1) is 18.4. The van der Waals surface area contributed by atoms with Crippen LogP contribution >= 0.6 is 15.9 Å². The molecule has 1 N–H and O–H groups in total. The molecule has 0 saturated heterocycles. The molecule has 0 spiro atoms. The standard InChI is InChI=1S/C20H18BrN5O2/c1-13(26-20(28)16-4-2-3-5-17(16)23-24-26)19(27)22-9-11-25-10-8-14-6-7-15(21)12-18(14)25/h2-8,10,12-13H,9,11H2,1H3,(H,22,27). The molecule has 0 radical (unpaired) electrons. The highest BCUT2D eigenvalue weighted by Gasteiger charge is 2.18. The summed E-state index contributed by atoms with van der Waals surface area (Å²) in [4.78, 5) is 25.1. The van der Waals surface area contributed by atoms with Gasteiger partial charge in [-0.1, -0.05) is 39.3 Å². The Bertz CT molecular complexity index is 1230. The molecular formula is C20H18BrN5O2. The first-order valence-corrected chi connectivity index (χ1v) is 9.70. The Morgan fingerprint density at radius 2 is 2.04 bits per heavy atom. The van der Waals surface area contributed by atoms with Crippen LogP contribution in [0.15, 0.2) is 64.0 Å². The number of benzene rings is 2. The molecule has 0 bridgehead atoms. The topological polar surface area (TPSA) is 81.8 Å². The van der Waals surface area contributed by atoms with Gasteiger partial charge in [0, 0.05) is 29.3 Å². The van der Waals surface area contributed by atoms with Crippen molar-refractivity contribution in [2.24, 2.45) is 0 Å². The number of aromatic nitrogens is 4. The number of amides is 1. The minimum absolute atomic E-state index is 0.274. The van der Waals surface area contributed by atoms with Crippen LogP contribution in [0, 0.1) is 0 Å². The average molecular weight is 440 g/mol. The number of hydrogen-bond donors (Lipinski definition) is 1. The molecule has 0 aliphatic rings. The predicted octanol–water partition coefficient (Wildman–Crippen LogP) is 2.89. The van der Waals surface area contributed by atoms with E-state index in [0.717, 1.165) is 20.1 Å². The van der Waals surface area contributed by atoms with Gasteiger partial charge in [-0.2, -0.15) is 4.68 Å². The van der Waals surface area contributed by atoms with E-state index in [1.54, 1.807) is 31.2 Å². The van der Waals surface area contributed by atoms with E-state index in [2.05, 4.69) is 36.1 Å². The quantitative estimate of drug-likeness (QED) is 0.518. The zero-order valence-corrected chi connectivity index (χ0v) is 16.8. The minimum atomic E-state index is -0.750. The number of carbonyl (C=O) groups excluding carboxylic acids is 1. The van der Waals surface area contributed by atoms with Crippen molar-refractivity contribution in [2.75, 3.05) is 6.54 Å². The number of fused-ring (bicyclic) bond motifs is 2. The molecule has 1 unspecified atom stereocenters. The Hall–Kier alpha value is -3.00. The lowest BCUT2D eigenvalue weighted by Gasteiger charge is -2.14. The highest BCUT2D eigenvalue weighted by Crippen LogP contribution is 2.20. The first-order chi connectivity index (χ1) is 13.5. The van der Waals surface area contributed by atoms with Crippen LogP contribution in [0.5, 0.6) is 0 Å². The van der Waals surface area contributed by atoms with Crippen LogP contribution in [-0.4, -0.2) is 32.0 Å². The Morgan fingerprint density at radius 3 is 2.89 bits per heavy atom. The van der Waals surface area contributed by atoms with Crippen LogP contribution in [-0.2, 0) is 11.3 Å². The lowest BCUT2D eigenvalue weighted by molar-refractivity contribution is -0.124. The van der Waals surface area contributed by atoms with E-state index in [0.29, 0.717) is 24.0 Å². The molecule has 142 valence electrons. The van der Waals surface area contributed by atoms with Crippen LogP contribution in [0.2, 0.25) is 0 Å². The molecule has 2 heterocycles. The van der Waals surface area contributed by atoms with Crippen molar-refractivity contribution < 1.29 is 4.79 Å². The molecule has 2 aromatic heterocycles. The van der Waals surface area contributed by atoms with E-state index in [-0.39, 0.29) is 11.5 Å². The minimum Gasteiger partial charge on any atom is -0.352 e. The zero-order valence-electron chi connectivity index (χ0n) is 15.2. The van der Waals surface area contributed by atoms with Gasteiger partial charge in [-0.25, -0.2) is 0 Å². The average Bonchev–Trinajstić information content (AvgIpc) is 3.10. The van der Waals surface area contributed by atoms with Crippen LogP contribution in [0.25, 0.3) is 21.8 Å². The van der Waals surface area contributed by atoms with Crippen molar-refractivity contribution in [3.63, 3.8) is 0 Å². The third-order valence-electron chi connectivity index (χ3n) is 4.73. The maximum Gasteiger partial charge on any atom is 0.278 e. The van der Waals surface area contributed by atoms with E-state index < -0.39 is 6.04 Å². The highest BCUT2D eigenvalue weighted by molar-refractivity contribution is 9.10. The Balaban J connectivity index is 1.45. The Morgan fingerprint density at radius 1 is 1.21 bits per heavy atom. The molecule has 28 heavy (non-hydrogen) atoms. The van der Waals surface area contributed by atoms with Crippen LogP contribution in [0.4, 0.5) is 0 Å². The number of nitrogens with one attached hydrogen (secondary N) is 1. The summed E-state index contributed by atoms with van der Waals surface area (Å²) in [5.41, 5.74) is 1.28. The first-order valence-electron chi connectivity index (χ1n) is 8.91. The third-order valence-corrected chi connectivity index (χ3v) is 5.22. The SMILES string of the molecule is CC(C(=O)NCCn1ccc2ccc(Br)cc21)n1nnc2ccccc2c1=O. The van der Waals surface area contributed by atoms with Crippen LogP contribution in [0.1, 0.15) is 13.0 Å². The second-order valence-corrected chi connectivity index (χ2v) is 7.45. The summed E-state index contributed by atoms with van der Waals surface area (Å²) in [5, 5.41) is 12.4. The normalized spacial score (nSPS) is 12.4. The molecular weight excluding hydrogens is 422 g/mol. The fourth-order valence-corrected chi connectivity index (χ4v) is 3.51. The van der Waals surface area contributed by atoms with Gasteiger partial charge in [0.2, 0.25) is 5.91 Å². The smallest absolute Gasteiger partial charge is 0.278 e. The van der Waals surface area contributed by atoms with E-state index in [1.807, 2.05) is 30.5 Å². The van der Waals surface area contributed by atoms with Crippen LogP contribution < -0.4 is 10.9 Å². The predicted molar refractivity (Wildman–Crippen MR) is 111 cm³/mol. The van der Waals surface area contributed by atoms with Crippen molar-refractivity contribution in [2.45, 2.75) is 19.5 Å². The summed E-state index contributed by atoms with van der Waals surface area (Å²) >= 11 is 3.48. The fourth-order valence-electron chi connectivity index (χ4n) is 3.17. The van der Waals surface area contributed by atoms with Crippen LogP contribution in [0.3, 0.4) is 0 Å². The monoisotopic (exact) mass is 439 g/mol. The van der Waals surface area contributed by atoms with Gasteiger partial charge in [-0.05, 0) is 42.6 Å². The molecule has 7 nitrogen and oxygen atoms in total. The Kier molecular flexibility index (Phi) is 4.95. The number of halogens is 1. The molecule has 0 saturated carbocycles. The van der Waals surface area contributed by atoms with Crippen molar-refractivity contribution in [1.29, 1.82) is 0 Å². The van der Waals surface area contributed by atoms with Gasteiger partial charge in [-0.3, -0.25) is 9.59 Å². The molecule has 0 aliphatic heterocycles. The van der Waals surface area contributed by atoms with Gasteiger partial charge < -0.3 is 9.88 Å². The van der Waals surface area contributed by atoms with Gasteiger partial charge in [0.05, 0.1) is 5.39 Å².